The Hall–Kier alpha value is -3.02. The topological polar surface area (TPSA) is 76.7 Å². The van der Waals surface area contributed by atoms with Crippen LogP contribution >= 0.6 is 0 Å². The van der Waals surface area contributed by atoms with Gasteiger partial charge < -0.3 is 20.1 Å². The van der Waals surface area contributed by atoms with E-state index in [1.807, 2.05) is 6.07 Å². The van der Waals surface area contributed by atoms with Gasteiger partial charge in [-0.1, -0.05) is 24.3 Å². The summed E-state index contributed by atoms with van der Waals surface area (Å²) in [7, 11) is 3.09. The van der Waals surface area contributed by atoms with E-state index in [2.05, 4.69) is 10.6 Å². The van der Waals surface area contributed by atoms with Crippen LogP contribution < -0.4 is 20.1 Å². The first-order chi connectivity index (χ1) is 11.5. The lowest BCUT2D eigenvalue weighted by Gasteiger charge is -2.16. The molecule has 1 unspecified atom stereocenters. The summed E-state index contributed by atoms with van der Waals surface area (Å²) in [6.45, 7) is 1.79. The molecule has 0 radical (unpaired) electrons. The zero-order chi connectivity index (χ0) is 17.5. The molecule has 0 saturated heterocycles. The summed E-state index contributed by atoms with van der Waals surface area (Å²) >= 11 is 0. The van der Waals surface area contributed by atoms with Crippen molar-refractivity contribution >= 4 is 17.5 Å². The summed E-state index contributed by atoms with van der Waals surface area (Å²) in [6, 6.07) is 13.8. The average Bonchev–Trinajstić information content (AvgIpc) is 2.61. The molecule has 0 bridgehead atoms. The molecule has 0 aliphatic rings. The van der Waals surface area contributed by atoms with Gasteiger partial charge in [0.25, 0.3) is 0 Å². The third-order valence-electron chi connectivity index (χ3n) is 3.49. The number of ether oxygens (including phenoxy) is 2. The summed E-state index contributed by atoms with van der Waals surface area (Å²) in [6.07, 6.45) is 0. The molecule has 2 aromatic carbocycles. The number of anilines is 1. The average molecular weight is 328 g/mol. The Morgan fingerprint density at radius 1 is 0.917 bits per heavy atom. The van der Waals surface area contributed by atoms with Crippen LogP contribution in [0.2, 0.25) is 0 Å². The van der Waals surface area contributed by atoms with Gasteiger partial charge in [0.2, 0.25) is 0 Å². The third kappa shape index (κ3) is 4.25. The lowest BCUT2D eigenvalue weighted by Crippen LogP contribution is -2.36. The van der Waals surface area contributed by atoms with Crippen molar-refractivity contribution in [2.45, 2.75) is 13.0 Å². The lowest BCUT2D eigenvalue weighted by molar-refractivity contribution is -0.136. The number of rotatable bonds is 5. The summed E-state index contributed by atoms with van der Waals surface area (Å²) in [4.78, 5) is 24.0. The van der Waals surface area contributed by atoms with Gasteiger partial charge in [-0.05, 0) is 36.8 Å². The Kier molecular flexibility index (Phi) is 5.78. The first-order valence-electron chi connectivity index (χ1n) is 7.44. The highest BCUT2D eigenvalue weighted by atomic mass is 16.5. The lowest BCUT2D eigenvalue weighted by atomic mass is 10.1. The van der Waals surface area contributed by atoms with Crippen molar-refractivity contribution in [3.8, 4) is 11.5 Å². The van der Waals surface area contributed by atoms with E-state index in [0.29, 0.717) is 17.2 Å². The zero-order valence-corrected chi connectivity index (χ0v) is 13.8. The monoisotopic (exact) mass is 328 g/mol. The quantitative estimate of drug-likeness (QED) is 0.827. The molecule has 24 heavy (non-hydrogen) atoms. The number of hydrogen-bond acceptors (Lipinski definition) is 4. The molecule has 0 saturated carbocycles. The molecule has 126 valence electrons. The summed E-state index contributed by atoms with van der Waals surface area (Å²) in [5, 5.41) is 5.20. The van der Waals surface area contributed by atoms with Crippen LogP contribution in [0, 0.1) is 0 Å². The van der Waals surface area contributed by atoms with Crippen molar-refractivity contribution in [3.63, 3.8) is 0 Å². The van der Waals surface area contributed by atoms with Crippen LogP contribution in [0.15, 0.2) is 48.5 Å². The fourth-order valence-electron chi connectivity index (χ4n) is 2.18. The van der Waals surface area contributed by atoms with E-state index < -0.39 is 11.8 Å². The zero-order valence-electron chi connectivity index (χ0n) is 13.8. The number of amides is 2. The van der Waals surface area contributed by atoms with Gasteiger partial charge in [-0.3, -0.25) is 9.59 Å². The van der Waals surface area contributed by atoms with E-state index in [1.165, 1.54) is 7.11 Å². The molecule has 0 aliphatic heterocycles. The van der Waals surface area contributed by atoms with Crippen LogP contribution in [-0.4, -0.2) is 26.0 Å². The van der Waals surface area contributed by atoms with Crippen molar-refractivity contribution in [2.24, 2.45) is 0 Å². The van der Waals surface area contributed by atoms with E-state index in [-0.39, 0.29) is 6.04 Å². The molecule has 2 aromatic rings. The van der Waals surface area contributed by atoms with Crippen molar-refractivity contribution in [3.05, 3.63) is 54.1 Å². The minimum Gasteiger partial charge on any atom is -0.493 e. The third-order valence-corrected chi connectivity index (χ3v) is 3.49. The van der Waals surface area contributed by atoms with Gasteiger partial charge in [-0.25, -0.2) is 0 Å². The maximum absolute atomic E-state index is 12.0. The second-order valence-corrected chi connectivity index (χ2v) is 5.13. The predicted molar refractivity (Wildman–Crippen MR) is 91.2 cm³/mol. The van der Waals surface area contributed by atoms with Crippen LogP contribution in [0.4, 0.5) is 5.69 Å². The molecule has 0 aromatic heterocycles. The molecule has 0 spiro atoms. The minimum absolute atomic E-state index is 0.362. The van der Waals surface area contributed by atoms with Gasteiger partial charge >= 0.3 is 11.8 Å². The number of methoxy groups -OCH3 is 2. The normalized spacial score (nSPS) is 11.3. The molecule has 1 atom stereocenters. The van der Waals surface area contributed by atoms with Crippen LogP contribution in [0.3, 0.4) is 0 Å². The van der Waals surface area contributed by atoms with Crippen LogP contribution in [0.25, 0.3) is 0 Å². The largest absolute Gasteiger partial charge is 0.493 e. The van der Waals surface area contributed by atoms with Gasteiger partial charge in [0.05, 0.1) is 20.3 Å². The van der Waals surface area contributed by atoms with Gasteiger partial charge in [-0.15, -0.1) is 0 Å². The van der Waals surface area contributed by atoms with Crippen molar-refractivity contribution < 1.29 is 19.1 Å². The molecule has 6 heteroatoms. The molecule has 0 aliphatic carbocycles. The number of carbonyl (C=O) groups excluding carboxylic acids is 2. The van der Waals surface area contributed by atoms with Crippen molar-refractivity contribution in [2.75, 3.05) is 19.5 Å². The SMILES string of the molecule is COc1ccc(C(C)NC(=O)C(=O)Nc2ccccc2)cc1OC. The molecular formula is C18H20N2O4. The highest BCUT2D eigenvalue weighted by Crippen LogP contribution is 2.29. The first kappa shape index (κ1) is 17.3. The Labute approximate surface area is 140 Å². The van der Waals surface area contributed by atoms with Crippen LogP contribution in [0.1, 0.15) is 18.5 Å². The first-order valence-corrected chi connectivity index (χ1v) is 7.44. The fraction of sp³-hybridized carbons (Fsp3) is 0.222. The van der Waals surface area contributed by atoms with Gasteiger partial charge in [-0.2, -0.15) is 0 Å². The predicted octanol–water partition coefficient (Wildman–Crippen LogP) is 2.52. The fourth-order valence-corrected chi connectivity index (χ4v) is 2.18. The minimum atomic E-state index is -0.714. The van der Waals surface area contributed by atoms with Crippen molar-refractivity contribution in [1.82, 2.24) is 5.32 Å². The molecule has 2 N–H and O–H groups in total. The number of para-hydroxylation sites is 1. The Bertz CT molecular complexity index is 716. The highest BCUT2D eigenvalue weighted by Gasteiger charge is 2.18. The maximum Gasteiger partial charge on any atom is 0.313 e. The standard InChI is InChI=1S/C18H20N2O4/c1-12(13-9-10-15(23-2)16(11-13)24-3)19-17(21)18(22)20-14-7-5-4-6-8-14/h4-12H,1-3H3,(H,19,21)(H,20,22). The molecular weight excluding hydrogens is 308 g/mol. The number of carbonyl (C=O) groups is 2. The molecule has 0 fully saturated rings. The van der Waals surface area contributed by atoms with E-state index in [4.69, 9.17) is 9.47 Å². The van der Waals surface area contributed by atoms with E-state index in [9.17, 15) is 9.59 Å². The van der Waals surface area contributed by atoms with Crippen LogP contribution in [0.5, 0.6) is 11.5 Å². The summed E-state index contributed by atoms with van der Waals surface area (Å²) < 4.78 is 10.4. The number of hydrogen-bond donors (Lipinski definition) is 2. The Morgan fingerprint density at radius 2 is 1.58 bits per heavy atom. The summed E-state index contributed by atoms with van der Waals surface area (Å²) in [5.74, 6) is -0.263. The van der Waals surface area contributed by atoms with Gasteiger partial charge in [0.1, 0.15) is 0 Å². The second-order valence-electron chi connectivity index (χ2n) is 5.13. The van der Waals surface area contributed by atoms with E-state index in [0.717, 1.165) is 5.56 Å². The maximum atomic E-state index is 12.0. The smallest absolute Gasteiger partial charge is 0.313 e. The second kappa shape index (κ2) is 8.01. The Balaban J connectivity index is 2.02. The number of nitrogens with one attached hydrogen (secondary N) is 2. The van der Waals surface area contributed by atoms with Crippen LogP contribution in [-0.2, 0) is 9.59 Å². The van der Waals surface area contributed by atoms with Crippen molar-refractivity contribution in [1.29, 1.82) is 0 Å². The number of benzene rings is 2. The molecule has 0 heterocycles. The van der Waals surface area contributed by atoms with E-state index >= 15 is 0 Å². The highest BCUT2D eigenvalue weighted by molar-refractivity contribution is 6.39. The summed E-state index contributed by atoms with van der Waals surface area (Å²) in [5.41, 5.74) is 1.37. The molecule has 6 nitrogen and oxygen atoms in total. The van der Waals surface area contributed by atoms with Gasteiger partial charge in [0.15, 0.2) is 11.5 Å². The molecule has 2 amide bonds. The Morgan fingerprint density at radius 3 is 2.21 bits per heavy atom. The van der Waals surface area contributed by atoms with Gasteiger partial charge in [0, 0.05) is 5.69 Å². The van der Waals surface area contributed by atoms with E-state index in [1.54, 1.807) is 56.5 Å². The molecule has 2 rings (SSSR count).